The third kappa shape index (κ3) is 2.25. The van der Waals surface area contributed by atoms with Crippen molar-refractivity contribution >= 4 is 27.6 Å². The van der Waals surface area contributed by atoms with Crippen molar-refractivity contribution in [2.75, 3.05) is 18.4 Å². The van der Waals surface area contributed by atoms with Gasteiger partial charge in [-0.2, -0.15) is 0 Å². The van der Waals surface area contributed by atoms with Crippen LogP contribution < -0.4 is 10.6 Å². The summed E-state index contributed by atoms with van der Waals surface area (Å²) >= 11 is 0. The van der Waals surface area contributed by atoms with Crippen LogP contribution in [0.5, 0.6) is 0 Å². The van der Waals surface area contributed by atoms with Crippen LogP contribution in [-0.4, -0.2) is 19.1 Å². The minimum atomic E-state index is 0.533. The summed E-state index contributed by atoms with van der Waals surface area (Å²) in [5.41, 5.74) is 7.26. The Bertz CT molecular complexity index is 1160. The first-order chi connectivity index (χ1) is 13.4. The van der Waals surface area contributed by atoms with Gasteiger partial charge in [-0.1, -0.05) is 48.5 Å². The van der Waals surface area contributed by atoms with E-state index in [2.05, 4.69) is 65.2 Å². The summed E-state index contributed by atoms with van der Waals surface area (Å²) in [7, 11) is 0. The van der Waals surface area contributed by atoms with Crippen molar-refractivity contribution in [3.63, 3.8) is 0 Å². The quantitative estimate of drug-likeness (QED) is 0.473. The number of hydrogen-bond donors (Lipinski definition) is 2. The molecule has 0 aliphatic carbocycles. The van der Waals surface area contributed by atoms with Crippen LogP contribution in [0.25, 0.3) is 33.1 Å². The third-order valence-corrected chi connectivity index (χ3v) is 6.26. The summed E-state index contributed by atoms with van der Waals surface area (Å²) in [6.45, 7) is 2.18. The molecule has 27 heavy (non-hydrogen) atoms. The van der Waals surface area contributed by atoms with Crippen LogP contribution in [0.2, 0.25) is 0 Å². The highest BCUT2D eigenvalue weighted by atomic mass is 16.3. The molecule has 0 radical (unpaired) electrons. The molecule has 0 saturated carbocycles. The number of furan rings is 1. The zero-order chi connectivity index (χ0) is 17.8. The first-order valence-electron chi connectivity index (χ1n) is 9.91. The van der Waals surface area contributed by atoms with E-state index in [9.17, 15) is 0 Å². The number of rotatable bonds is 1. The van der Waals surface area contributed by atoms with E-state index in [1.165, 1.54) is 46.0 Å². The molecular formula is C24H22N2O. The van der Waals surface area contributed by atoms with Crippen LogP contribution in [0.4, 0.5) is 5.69 Å². The highest BCUT2D eigenvalue weighted by molar-refractivity contribution is 6.10. The number of anilines is 1. The van der Waals surface area contributed by atoms with Gasteiger partial charge < -0.3 is 15.1 Å². The van der Waals surface area contributed by atoms with Crippen molar-refractivity contribution in [1.82, 2.24) is 5.32 Å². The number of fused-ring (bicyclic) bond motifs is 6. The largest absolute Gasteiger partial charge is 0.455 e. The molecule has 0 spiro atoms. The molecule has 2 unspecified atom stereocenters. The van der Waals surface area contributed by atoms with Crippen LogP contribution in [-0.2, 0) is 0 Å². The summed E-state index contributed by atoms with van der Waals surface area (Å²) in [5, 5.41) is 9.74. The predicted octanol–water partition coefficient (Wildman–Crippen LogP) is 5.51. The van der Waals surface area contributed by atoms with Gasteiger partial charge in [0.05, 0.1) is 0 Å². The lowest BCUT2D eigenvalue weighted by Gasteiger charge is -2.18. The molecule has 2 aliphatic rings. The van der Waals surface area contributed by atoms with Gasteiger partial charge in [0.1, 0.15) is 11.2 Å². The summed E-state index contributed by atoms with van der Waals surface area (Å²) in [4.78, 5) is 0. The fourth-order valence-electron chi connectivity index (χ4n) is 5.05. The Morgan fingerprint density at radius 3 is 2.59 bits per heavy atom. The second kappa shape index (κ2) is 5.86. The smallest absolute Gasteiger partial charge is 0.143 e. The molecule has 4 aromatic rings. The number of hydrogen-bond acceptors (Lipinski definition) is 3. The number of benzene rings is 3. The molecule has 2 N–H and O–H groups in total. The average Bonchev–Trinajstić information content (AvgIpc) is 3.17. The van der Waals surface area contributed by atoms with Gasteiger partial charge in [0, 0.05) is 34.0 Å². The lowest BCUT2D eigenvalue weighted by Crippen LogP contribution is -2.21. The van der Waals surface area contributed by atoms with E-state index in [1.807, 2.05) is 6.07 Å². The standard InChI is InChI=1S/C24H22N2O/c1-2-10-22-15(5-1)17-7-3-8-18(24(17)27-22)16-6-4-9-21-23(16)19-11-13-25-14-12-20(19)26-21/h1-10,19-20,25-26H,11-14H2. The molecule has 1 saturated heterocycles. The van der Waals surface area contributed by atoms with Gasteiger partial charge in [-0.3, -0.25) is 0 Å². The van der Waals surface area contributed by atoms with Gasteiger partial charge in [-0.05, 0) is 49.2 Å². The second-order valence-corrected chi connectivity index (χ2v) is 7.73. The fraction of sp³-hybridized carbons (Fsp3) is 0.250. The van der Waals surface area contributed by atoms with Gasteiger partial charge >= 0.3 is 0 Å². The van der Waals surface area contributed by atoms with E-state index in [0.29, 0.717) is 12.0 Å². The molecule has 6 rings (SSSR count). The van der Waals surface area contributed by atoms with Crippen molar-refractivity contribution in [2.45, 2.75) is 24.8 Å². The van der Waals surface area contributed by atoms with Crippen LogP contribution in [0.15, 0.2) is 65.1 Å². The Labute approximate surface area is 158 Å². The van der Waals surface area contributed by atoms with Gasteiger partial charge in [-0.15, -0.1) is 0 Å². The van der Waals surface area contributed by atoms with Crippen LogP contribution in [0.3, 0.4) is 0 Å². The lowest BCUT2D eigenvalue weighted by molar-refractivity contribution is 0.579. The molecule has 0 bridgehead atoms. The summed E-state index contributed by atoms with van der Waals surface area (Å²) in [6, 6.07) is 22.1. The Morgan fingerprint density at radius 1 is 0.778 bits per heavy atom. The Morgan fingerprint density at radius 2 is 1.59 bits per heavy atom. The normalized spacial score (nSPS) is 21.6. The summed E-state index contributed by atoms with van der Waals surface area (Å²) in [5.74, 6) is 0.561. The van der Waals surface area contributed by atoms with E-state index in [1.54, 1.807) is 0 Å². The van der Waals surface area contributed by atoms with E-state index in [0.717, 1.165) is 24.3 Å². The lowest BCUT2D eigenvalue weighted by atomic mass is 9.85. The van der Waals surface area contributed by atoms with E-state index in [4.69, 9.17) is 4.42 Å². The zero-order valence-electron chi connectivity index (χ0n) is 15.2. The van der Waals surface area contributed by atoms with Gasteiger partial charge in [0.25, 0.3) is 0 Å². The Hall–Kier alpha value is -2.78. The molecule has 1 aromatic heterocycles. The maximum atomic E-state index is 6.33. The number of nitrogens with one attached hydrogen (secondary N) is 2. The Balaban J connectivity index is 1.60. The van der Waals surface area contributed by atoms with Crippen molar-refractivity contribution in [1.29, 1.82) is 0 Å². The molecule has 3 aromatic carbocycles. The third-order valence-electron chi connectivity index (χ3n) is 6.26. The molecular weight excluding hydrogens is 332 g/mol. The second-order valence-electron chi connectivity index (χ2n) is 7.73. The first kappa shape index (κ1) is 15.3. The highest BCUT2D eigenvalue weighted by Crippen LogP contribution is 2.47. The van der Waals surface area contributed by atoms with Crippen molar-refractivity contribution in [2.24, 2.45) is 0 Å². The topological polar surface area (TPSA) is 37.2 Å². The Kier molecular flexibility index (Phi) is 3.32. The van der Waals surface area contributed by atoms with Gasteiger partial charge in [0.15, 0.2) is 0 Å². The summed E-state index contributed by atoms with van der Waals surface area (Å²) < 4.78 is 6.33. The molecule has 134 valence electrons. The molecule has 3 nitrogen and oxygen atoms in total. The zero-order valence-corrected chi connectivity index (χ0v) is 15.2. The highest BCUT2D eigenvalue weighted by Gasteiger charge is 2.35. The van der Waals surface area contributed by atoms with Gasteiger partial charge in [-0.25, -0.2) is 0 Å². The molecule has 2 atom stereocenters. The monoisotopic (exact) mass is 354 g/mol. The van der Waals surface area contributed by atoms with Crippen molar-refractivity contribution in [3.8, 4) is 11.1 Å². The molecule has 2 aliphatic heterocycles. The number of para-hydroxylation sites is 2. The minimum Gasteiger partial charge on any atom is -0.455 e. The van der Waals surface area contributed by atoms with Gasteiger partial charge in [0.2, 0.25) is 0 Å². The molecule has 0 amide bonds. The maximum absolute atomic E-state index is 6.33. The van der Waals surface area contributed by atoms with E-state index in [-0.39, 0.29) is 0 Å². The molecule has 3 heteroatoms. The van der Waals surface area contributed by atoms with Crippen LogP contribution >= 0.6 is 0 Å². The molecule has 1 fully saturated rings. The fourth-order valence-corrected chi connectivity index (χ4v) is 5.05. The SMILES string of the molecule is c1cc2c(c(-c3cccc4c3oc3ccccc34)c1)C1CCNCCC1N2. The minimum absolute atomic E-state index is 0.533. The van der Waals surface area contributed by atoms with Crippen molar-refractivity contribution < 1.29 is 4.42 Å². The van der Waals surface area contributed by atoms with E-state index >= 15 is 0 Å². The maximum Gasteiger partial charge on any atom is 0.143 e. The van der Waals surface area contributed by atoms with Crippen LogP contribution in [0, 0.1) is 0 Å². The average molecular weight is 354 g/mol. The summed E-state index contributed by atoms with van der Waals surface area (Å²) in [6.07, 6.45) is 2.35. The van der Waals surface area contributed by atoms with E-state index < -0.39 is 0 Å². The van der Waals surface area contributed by atoms with Crippen LogP contribution in [0.1, 0.15) is 24.3 Å². The predicted molar refractivity (Wildman–Crippen MR) is 111 cm³/mol. The molecule has 3 heterocycles. The van der Waals surface area contributed by atoms with Crippen molar-refractivity contribution in [3.05, 3.63) is 66.2 Å². The first-order valence-corrected chi connectivity index (χ1v) is 9.91.